The van der Waals surface area contributed by atoms with Gasteiger partial charge in [-0.25, -0.2) is 14.0 Å². The normalized spacial score (nSPS) is 14.8. The van der Waals surface area contributed by atoms with E-state index >= 15 is 0 Å². The molecule has 1 aromatic rings. The lowest BCUT2D eigenvalue weighted by Gasteiger charge is -2.16. The predicted octanol–water partition coefficient (Wildman–Crippen LogP) is 0.598. The van der Waals surface area contributed by atoms with Gasteiger partial charge in [-0.3, -0.25) is 15.1 Å². The van der Waals surface area contributed by atoms with Crippen LogP contribution in [0.2, 0.25) is 5.02 Å². The van der Waals surface area contributed by atoms with Gasteiger partial charge in [0.25, 0.3) is 5.91 Å². The molecule has 1 heterocycles. The number of hydrazone groups is 1. The summed E-state index contributed by atoms with van der Waals surface area (Å²) in [5, 5.41) is 6.54. The summed E-state index contributed by atoms with van der Waals surface area (Å²) in [5.41, 5.74) is 4.47. The second-order valence-corrected chi connectivity index (χ2v) is 7.08. The number of hydrogen-bond donors (Lipinski definition) is 3. The topological polar surface area (TPSA) is 112 Å². The highest BCUT2D eigenvalue weighted by Gasteiger charge is 2.35. The van der Waals surface area contributed by atoms with E-state index < -0.39 is 37.8 Å². The molecule has 138 valence electrons. The fourth-order valence-corrected chi connectivity index (χ4v) is 3.40. The highest BCUT2D eigenvalue weighted by Crippen LogP contribution is 2.36. The number of carbonyl (C=O) groups is 1. The van der Waals surface area contributed by atoms with Crippen molar-refractivity contribution < 1.29 is 31.1 Å². The first-order valence-electron chi connectivity index (χ1n) is 6.32. The van der Waals surface area contributed by atoms with E-state index in [0.717, 1.165) is 6.07 Å². The number of guanidine groups is 1. The van der Waals surface area contributed by atoms with E-state index in [-0.39, 0.29) is 11.5 Å². The van der Waals surface area contributed by atoms with E-state index in [1.54, 1.807) is 0 Å². The molecule has 0 unspecified atom stereocenters. The average molecular weight is 402 g/mol. The van der Waals surface area contributed by atoms with E-state index in [1.807, 2.05) is 0 Å². The van der Waals surface area contributed by atoms with Crippen molar-refractivity contribution in [1.29, 1.82) is 0 Å². The van der Waals surface area contributed by atoms with Crippen LogP contribution in [0.5, 0.6) is 5.75 Å². The molecule has 1 amide bonds. The third-order valence-corrected chi connectivity index (χ3v) is 4.48. The van der Waals surface area contributed by atoms with Crippen LogP contribution in [0.25, 0.3) is 0 Å². The Balaban J connectivity index is 2.46. The zero-order chi connectivity index (χ0) is 19.0. The van der Waals surface area contributed by atoms with Crippen molar-refractivity contribution in [3.8, 4) is 5.75 Å². The second-order valence-electron chi connectivity index (χ2n) is 4.75. The number of amides is 1. The van der Waals surface area contributed by atoms with E-state index in [0.29, 0.717) is 12.3 Å². The molecule has 0 saturated heterocycles. The quantitative estimate of drug-likeness (QED) is 0.679. The van der Waals surface area contributed by atoms with Crippen molar-refractivity contribution in [2.75, 3.05) is 13.3 Å². The first-order valence-corrected chi connectivity index (χ1v) is 8.59. The van der Waals surface area contributed by atoms with Crippen LogP contribution in [0, 0.1) is 0 Å². The van der Waals surface area contributed by atoms with Gasteiger partial charge in [0.1, 0.15) is 10.6 Å². The summed E-state index contributed by atoms with van der Waals surface area (Å²) in [4.78, 5) is 11.3. The molecule has 0 aromatic heterocycles. The Morgan fingerprint density at radius 2 is 2.04 bits per heavy atom. The third kappa shape index (κ3) is 4.43. The number of ether oxygens (including phenoxy) is 1. The SMILES string of the molecule is CN1NNN=C1NC(=O)c1ccc(OC(F)(F)F)c(S(C)(=O)=O)c1Cl. The van der Waals surface area contributed by atoms with Crippen LogP contribution in [0.1, 0.15) is 10.4 Å². The van der Waals surface area contributed by atoms with Crippen LogP contribution in [-0.4, -0.2) is 45.0 Å². The summed E-state index contributed by atoms with van der Waals surface area (Å²) >= 11 is 5.87. The molecule has 25 heavy (non-hydrogen) atoms. The Labute approximate surface area is 144 Å². The number of alkyl halides is 3. The van der Waals surface area contributed by atoms with Crippen molar-refractivity contribution in [2.24, 2.45) is 5.10 Å². The third-order valence-electron chi connectivity index (χ3n) is 2.82. The van der Waals surface area contributed by atoms with Crippen molar-refractivity contribution in [2.45, 2.75) is 11.3 Å². The fourth-order valence-electron chi connectivity index (χ4n) is 1.83. The number of benzene rings is 1. The van der Waals surface area contributed by atoms with Gasteiger partial charge in [-0.05, 0) is 12.1 Å². The van der Waals surface area contributed by atoms with E-state index in [9.17, 15) is 26.4 Å². The number of sulfone groups is 1. The molecule has 1 aliphatic heterocycles. The zero-order valence-corrected chi connectivity index (χ0v) is 14.2. The molecule has 0 aliphatic carbocycles. The molecule has 1 aromatic carbocycles. The second kappa shape index (κ2) is 6.57. The van der Waals surface area contributed by atoms with E-state index in [1.165, 1.54) is 12.1 Å². The van der Waals surface area contributed by atoms with Crippen LogP contribution >= 0.6 is 11.6 Å². The molecule has 1 aliphatic rings. The summed E-state index contributed by atoms with van der Waals surface area (Å²) in [6, 6.07) is 1.60. The maximum atomic E-state index is 12.4. The van der Waals surface area contributed by atoms with Gasteiger partial charge >= 0.3 is 6.36 Å². The molecule has 0 fully saturated rings. The Hall–Kier alpha value is -2.25. The lowest BCUT2D eigenvalue weighted by molar-refractivity contribution is -0.275. The van der Waals surface area contributed by atoms with Crippen molar-refractivity contribution in [1.82, 2.24) is 21.4 Å². The highest BCUT2D eigenvalue weighted by molar-refractivity contribution is 7.91. The number of rotatable bonds is 3. The van der Waals surface area contributed by atoms with Crippen LogP contribution in [-0.2, 0) is 9.84 Å². The molecule has 3 N–H and O–H groups in total. The number of halogens is 4. The van der Waals surface area contributed by atoms with E-state index in [2.05, 4.69) is 26.2 Å². The molecule has 0 spiro atoms. The minimum Gasteiger partial charge on any atom is -0.404 e. The maximum absolute atomic E-state index is 12.4. The molecule has 0 atom stereocenters. The summed E-state index contributed by atoms with van der Waals surface area (Å²) in [6.45, 7) is 0. The minimum absolute atomic E-state index is 0.0255. The molecule has 2 rings (SSSR count). The molecule has 0 bridgehead atoms. The molecule has 0 radical (unpaired) electrons. The predicted molar refractivity (Wildman–Crippen MR) is 80.2 cm³/mol. The number of carbonyl (C=O) groups excluding carboxylic acids is 1. The van der Waals surface area contributed by atoms with Crippen LogP contribution in [0.4, 0.5) is 13.2 Å². The Kier molecular flexibility index (Phi) is 5.02. The van der Waals surface area contributed by atoms with Crippen molar-refractivity contribution in [3.05, 3.63) is 22.7 Å². The lowest BCUT2D eigenvalue weighted by Crippen LogP contribution is -2.45. The monoisotopic (exact) mass is 401 g/mol. The summed E-state index contributed by atoms with van der Waals surface area (Å²) < 4.78 is 64.6. The average Bonchev–Trinajstić information content (AvgIpc) is 2.80. The van der Waals surface area contributed by atoms with Crippen LogP contribution in [0.3, 0.4) is 0 Å². The summed E-state index contributed by atoms with van der Waals surface area (Å²) in [7, 11) is -2.73. The number of nitrogens with zero attached hydrogens (tertiary/aromatic N) is 2. The Morgan fingerprint density at radius 1 is 1.40 bits per heavy atom. The van der Waals surface area contributed by atoms with Crippen LogP contribution in [0.15, 0.2) is 22.1 Å². The van der Waals surface area contributed by atoms with Gasteiger partial charge in [0.2, 0.25) is 5.96 Å². The Morgan fingerprint density at radius 3 is 2.52 bits per heavy atom. The number of hydrogen-bond acceptors (Lipinski definition) is 8. The first-order chi connectivity index (χ1) is 11.4. The van der Waals surface area contributed by atoms with Gasteiger partial charge in [0.15, 0.2) is 9.84 Å². The van der Waals surface area contributed by atoms with Gasteiger partial charge < -0.3 is 4.74 Å². The molecule has 0 saturated carbocycles. The maximum Gasteiger partial charge on any atom is 0.573 e. The van der Waals surface area contributed by atoms with Gasteiger partial charge in [-0.15, -0.1) is 23.8 Å². The first kappa shape index (κ1) is 19.1. The lowest BCUT2D eigenvalue weighted by atomic mass is 10.2. The fraction of sp³-hybridized carbons (Fsp3) is 0.273. The molecule has 9 nitrogen and oxygen atoms in total. The van der Waals surface area contributed by atoms with E-state index in [4.69, 9.17) is 11.6 Å². The van der Waals surface area contributed by atoms with Crippen molar-refractivity contribution in [3.63, 3.8) is 0 Å². The zero-order valence-electron chi connectivity index (χ0n) is 12.6. The molecular weight excluding hydrogens is 391 g/mol. The number of hydrazine groups is 2. The minimum atomic E-state index is -5.13. The highest BCUT2D eigenvalue weighted by atomic mass is 35.5. The van der Waals surface area contributed by atoms with Gasteiger partial charge in [-0.2, -0.15) is 0 Å². The van der Waals surface area contributed by atoms with Gasteiger partial charge in [-0.1, -0.05) is 11.6 Å². The van der Waals surface area contributed by atoms with Crippen LogP contribution < -0.4 is 21.1 Å². The van der Waals surface area contributed by atoms with Gasteiger partial charge in [0, 0.05) is 13.3 Å². The molecular formula is C11H11ClF3N5O4S. The molecule has 14 heteroatoms. The largest absolute Gasteiger partial charge is 0.573 e. The standard InChI is InChI=1S/C11H11ClF3N5O4S/c1-20-10(17-18-19-20)16-9(21)5-3-4-6(24-11(13,14)15)8(7(5)12)25(2,22)23/h3-4,18-19H,1-2H3,(H,16,17,21). The summed E-state index contributed by atoms with van der Waals surface area (Å²) in [5.74, 6) is -1.89. The summed E-state index contributed by atoms with van der Waals surface area (Å²) in [6.07, 6.45) is -4.49. The smallest absolute Gasteiger partial charge is 0.404 e. The van der Waals surface area contributed by atoms with Crippen molar-refractivity contribution >= 4 is 33.3 Å². The number of nitrogens with one attached hydrogen (secondary N) is 3. The Bertz CT molecular complexity index is 843. The van der Waals surface area contributed by atoms with Gasteiger partial charge in [0.05, 0.1) is 10.6 Å².